The summed E-state index contributed by atoms with van der Waals surface area (Å²) in [5, 5.41) is 22.1. The van der Waals surface area contributed by atoms with E-state index >= 15 is 0 Å². The number of hydrogen-bond donors (Lipinski definition) is 8. The summed E-state index contributed by atoms with van der Waals surface area (Å²) in [5.74, 6) is -3.39. The van der Waals surface area contributed by atoms with E-state index in [1.54, 1.807) is 48.5 Å². The van der Waals surface area contributed by atoms with Crippen molar-refractivity contribution in [2.45, 2.75) is 208 Å². The molecule has 0 spiro atoms. The van der Waals surface area contributed by atoms with Crippen molar-refractivity contribution in [1.82, 2.24) is 42.5 Å². The molecule has 0 aromatic carbocycles. The third kappa shape index (κ3) is 22.4. The molecular formula is C43H78N8O10. The Morgan fingerprint density at radius 1 is 0.443 bits per heavy atom. The van der Waals surface area contributed by atoms with Crippen LogP contribution < -0.4 is 42.5 Å². The topological polar surface area (TPSA) is 251 Å². The number of rotatable bonds is 20. The number of amides is 8. The predicted molar refractivity (Wildman–Crippen MR) is 232 cm³/mol. The second-order valence-electron chi connectivity index (χ2n) is 19.6. The molecular weight excluding hydrogens is 789 g/mol. The van der Waals surface area contributed by atoms with Crippen LogP contribution >= 0.6 is 0 Å². The molecule has 8 amide bonds. The van der Waals surface area contributed by atoms with Gasteiger partial charge >= 0.3 is 12.2 Å². The molecule has 1 saturated carbocycles. The molecule has 8 N–H and O–H groups in total. The van der Waals surface area contributed by atoms with E-state index in [4.69, 9.17) is 9.47 Å². The van der Waals surface area contributed by atoms with Crippen LogP contribution in [0.5, 0.6) is 0 Å². The summed E-state index contributed by atoms with van der Waals surface area (Å²) in [5.41, 5.74) is -1.65. The van der Waals surface area contributed by atoms with E-state index in [1.165, 1.54) is 13.8 Å². The van der Waals surface area contributed by atoms with Crippen LogP contribution in [0, 0.1) is 17.8 Å². The highest BCUT2D eigenvalue weighted by Gasteiger charge is 2.35. The highest BCUT2D eigenvalue weighted by molar-refractivity contribution is 5.99. The van der Waals surface area contributed by atoms with Crippen LogP contribution in [-0.2, 0) is 38.2 Å². The zero-order chi connectivity index (χ0) is 47.0. The third-order valence-corrected chi connectivity index (χ3v) is 9.49. The van der Waals surface area contributed by atoms with Crippen LogP contribution in [-0.4, -0.2) is 107 Å². The highest BCUT2D eigenvalue weighted by Crippen LogP contribution is 2.21. The molecule has 0 aliphatic heterocycles. The van der Waals surface area contributed by atoms with Crippen LogP contribution in [0.3, 0.4) is 0 Å². The maximum Gasteiger partial charge on any atom is 0.414 e. The second-order valence-corrected chi connectivity index (χ2v) is 19.6. The summed E-state index contributed by atoms with van der Waals surface area (Å²) in [7, 11) is 0. The fourth-order valence-electron chi connectivity index (χ4n) is 6.67. The van der Waals surface area contributed by atoms with Gasteiger partial charge in [0, 0.05) is 12.1 Å². The smallest absolute Gasteiger partial charge is 0.414 e. The number of hydrogen-bond acceptors (Lipinski definition) is 12. The van der Waals surface area contributed by atoms with Crippen LogP contribution in [0.1, 0.15) is 149 Å². The molecule has 350 valence electrons. The molecule has 1 fully saturated rings. The molecule has 1 aliphatic carbocycles. The van der Waals surface area contributed by atoms with Gasteiger partial charge in [-0.25, -0.2) is 9.59 Å². The van der Waals surface area contributed by atoms with Gasteiger partial charge in [0.15, 0.2) is 0 Å². The largest absolute Gasteiger partial charge is 0.444 e. The van der Waals surface area contributed by atoms with Crippen LogP contribution in [0.15, 0.2) is 0 Å². The van der Waals surface area contributed by atoms with Crippen molar-refractivity contribution in [3.05, 3.63) is 0 Å². The highest BCUT2D eigenvalue weighted by atomic mass is 16.6. The van der Waals surface area contributed by atoms with Crippen LogP contribution in [0.2, 0.25) is 0 Å². The minimum Gasteiger partial charge on any atom is -0.444 e. The summed E-state index contributed by atoms with van der Waals surface area (Å²) < 4.78 is 10.3. The lowest BCUT2D eigenvalue weighted by Crippen LogP contribution is -2.61. The van der Waals surface area contributed by atoms with Crippen molar-refractivity contribution in [3.63, 3.8) is 0 Å². The minimum atomic E-state index is -1.09. The normalized spacial score (nSPS) is 18.7. The molecule has 0 bridgehead atoms. The van der Waals surface area contributed by atoms with Crippen molar-refractivity contribution >= 4 is 47.6 Å². The zero-order valence-electron chi connectivity index (χ0n) is 39.4. The molecule has 1 aliphatic rings. The molecule has 8 atom stereocenters. The van der Waals surface area contributed by atoms with E-state index in [-0.39, 0.29) is 42.2 Å². The zero-order valence-corrected chi connectivity index (χ0v) is 39.4. The first-order valence-electron chi connectivity index (χ1n) is 21.8. The van der Waals surface area contributed by atoms with Gasteiger partial charge in [0.05, 0.1) is 12.1 Å². The van der Waals surface area contributed by atoms with E-state index in [2.05, 4.69) is 42.5 Å². The number of ether oxygens (including phenoxy) is 2. The van der Waals surface area contributed by atoms with E-state index in [0.29, 0.717) is 19.3 Å². The minimum absolute atomic E-state index is 0.00658. The summed E-state index contributed by atoms with van der Waals surface area (Å²) in [6.07, 6.45) is 2.35. The Balaban J connectivity index is 3.06. The summed E-state index contributed by atoms with van der Waals surface area (Å²) in [6, 6.07) is -5.99. The Bertz CT molecular complexity index is 1510. The molecule has 0 radical (unpaired) electrons. The van der Waals surface area contributed by atoms with E-state index in [1.807, 2.05) is 41.5 Å². The molecule has 1 rings (SSSR count). The average Bonchev–Trinajstić information content (AvgIpc) is 3.08. The lowest BCUT2D eigenvalue weighted by atomic mass is 9.88. The maximum atomic E-state index is 14.1. The molecule has 0 aromatic rings. The van der Waals surface area contributed by atoms with E-state index < -0.39 is 89.2 Å². The standard InChI is InChI=1S/C43H78N8O10/c1-23(2)20-31(37(55)48-32(21-24(3)4)38(56)49-33(22-25(5)6)39(57)51-41(59)61-43(13,14)15)47-30-19-17-16-18-29(30)44-26(7)34(52)45-27(8)35(53)46-28(9)36(54)50-40(58)60-42(10,11)12/h23-33,44,47H,16-22H2,1-15H3,(H,45,52)(H,46,53)(H,48,55)(H,49,56)(H,50,54,58)(H,51,57,59)/t26-,27+,28-,29+,30+,31-,32+,33-/m0/s1. The van der Waals surface area contributed by atoms with Crippen molar-refractivity contribution in [1.29, 1.82) is 0 Å². The first kappa shape index (κ1) is 54.7. The average molecular weight is 867 g/mol. The molecule has 0 heterocycles. The number of alkyl carbamates (subject to hydrolysis) is 2. The van der Waals surface area contributed by atoms with Gasteiger partial charge in [-0.3, -0.25) is 39.4 Å². The third-order valence-electron chi connectivity index (χ3n) is 9.49. The predicted octanol–water partition coefficient (Wildman–Crippen LogP) is 3.45. The van der Waals surface area contributed by atoms with Crippen LogP contribution in [0.4, 0.5) is 9.59 Å². The first-order valence-corrected chi connectivity index (χ1v) is 21.8. The molecule has 18 heteroatoms. The maximum absolute atomic E-state index is 14.1. The quantitative estimate of drug-likeness (QED) is 0.0877. The number of imide groups is 2. The van der Waals surface area contributed by atoms with Gasteiger partial charge in [-0.2, -0.15) is 0 Å². The Hall–Kier alpha value is -4.32. The number of carbonyl (C=O) groups excluding carboxylic acids is 8. The molecule has 18 nitrogen and oxygen atoms in total. The summed E-state index contributed by atoms with van der Waals surface area (Å²) in [4.78, 5) is 104. The lowest BCUT2D eigenvalue weighted by Gasteiger charge is -2.37. The summed E-state index contributed by atoms with van der Waals surface area (Å²) >= 11 is 0. The van der Waals surface area contributed by atoms with E-state index in [0.717, 1.165) is 19.3 Å². The van der Waals surface area contributed by atoms with Crippen molar-refractivity contribution < 1.29 is 47.8 Å². The summed E-state index contributed by atoms with van der Waals surface area (Å²) in [6.45, 7) is 26.1. The van der Waals surface area contributed by atoms with Gasteiger partial charge < -0.3 is 41.4 Å². The van der Waals surface area contributed by atoms with E-state index in [9.17, 15) is 38.4 Å². The Morgan fingerprint density at radius 2 is 0.787 bits per heavy atom. The number of carbonyl (C=O) groups is 8. The monoisotopic (exact) mass is 867 g/mol. The lowest BCUT2D eigenvalue weighted by molar-refractivity contribution is -0.133. The molecule has 0 aromatic heterocycles. The molecule has 61 heavy (non-hydrogen) atoms. The fraction of sp³-hybridized carbons (Fsp3) is 0.814. The Morgan fingerprint density at radius 3 is 1.21 bits per heavy atom. The fourth-order valence-corrected chi connectivity index (χ4v) is 6.67. The molecule has 0 saturated heterocycles. The Kier molecular flexibility index (Phi) is 22.4. The van der Waals surface area contributed by atoms with Gasteiger partial charge in [-0.15, -0.1) is 0 Å². The SMILES string of the molecule is CC(C)C[C@H](NC(=O)[C@@H](CC(C)C)NC(=O)[C@H](CC(C)C)N[C@@H]1CCCC[C@H]1N[C@@H](C)C(=O)N[C@H](C)C(=O)N[C@@H](C)C(=O)NC(=O)OC(C)(C)C)C(=O)NC(=O)OC(C)(C)C. The van der Waals surface area contributed by atoms with Gasteiger partial charge in [0.1, 0.15) is 35.4 Å². The van der Waals surface area contributed by atoms with Crippen molar-refractivity contribution in [3.8, 4) is 0 Å². The van der Waals surface area contributed by atoms with Gasteiger partial charge in [-0.1, -0.05) is 54.4 Å². The Labute approximate surface area is 363 Å². The van der Waals surface area contributed by atoms with Crippen molar-refractivity contribution in [2.24, 2.45) is 17.8 Å². The van der Waals surface area contributed by atoms with Gasteiger partial charge in [0.2, 0.25) is 23.6 Å². The second kappa shape index (κ2) is 25.0. The number of nitrogens with one attached hydrogen (secondary N) is 8. The molecule has 0 unspecified atom stereocenters. The van der Waals surface area contributed by atoms with Crippen LogP contribution in [0.25, 0.3) is 0 Å². The van der Waals surface area contributed by atoms with Gasteiger partial charge in [0.25, 0.3) is 11.8 Å². The first-order chi connectivity index (χ1) is 28.0. The van der Waals surface area contributed by atoms with Gasteiger partial charge in [-0.05, 0) is 112 Å². The van der Waals surface area contributed by atoms with Crippen molar-refractivity contribution in [2.75, 3.05) is 0 Å².